The molecule has 6 unspecified atom stereocenters. The maximum absolute atomic E-state index is 12.8. The summed E-state index contributed by atoms with van der Waals surface area (Å²) in [6.45, 7) is 0.00826. The molecule has 16 heteroatoms. The van der Waals surface area contributed by atoms with Gasteiger partial charge in [0.15, 0.2) is 12.6 Å². The Morgan fingerprint density at radius 3 is 2.33 bits per heavy atom. The first kappa shape index (κ1) is 36.0. The lowest BCUT2D eigenvalue weighted by atomic mass is 9.83. The third-order valence-corrected chi connectivity index (χ3v) is 8.70. The van der Waals surface area contributed by atoms with Crippen molar-refractivity contribution in [2.45, 2.75) is 118 Å². The molecule has 3 fully saturated rings. The van der Waals surface area contributed by atoms with Crippen molar-refractivity contribution in [1.82, 2.24) is 10.6 Å². The number of hydrogen-bond acceptors (Lipinski definition) is 15. The second-order valence-corrected chi connectivity index (χ2v) is 12.0. The molecule has 14 atom stereocenters. The minimum atomic E-state index is -1.51. The fraction of sp³-hybridized carbons (Fsp3) is 0.759. The molecule has 16 nitrogen and oxygen atoms in total. The SMILES string of the molecule is NCC[C@H](O)C(=O)N[C@@H]1C[C@H](N)C(O[C@H]2OC(CN)CCC2N)C(O)[C@H]1O[C@H]1OC(CO)[C@@H](O)[C@H](NCc2ccccc2)C1O. The number of aliphatic hydroxyl groups is 5. The second-order valence-electron chi connectivity index (χ2n) is 12.0. The lowest BCUT2D eigenvalue weighted by Crippen LogP contribution is -2.69. The Balaban J connectivity index is 1.55. The highest BCUT2D eigenvalue weighted by Crippen LogP contribution is 2.32. The molecule has 0 radical (unpaired) electrons. The van der Waals surface area contributed by atoms with Gasteiger partial charge >= 0.3 is 0 Å². The van der Waals surface area contributed by atoms with Crippen molar-refractivity contribution in [1.29, 1.82) is 0 Å². The summed E-state index contributed by atoms with van der Waals surface area (Å²) in [6.07, 6.45) is -10.7. The number of amides is 1. The van der Waals surface area contributed by atoms with Crippen LogP contribution >= 0.6 is 0 Å². The monoisotopic (exact) mass is 642 g/mol. The van der Waals surface area contributed by atoms with Gasteiger partial charge in [-0.2, -0.15) is 0 Å². The highest BCUT2D eigenvalue weighted by Gasteiger charge is 2.51. The van der Waals surface area contributed by atoms with E-state index >= 15 is 0 Å². The average molecular weight is 643 g/mol. The zero-order valence-electron chi connectivity index (χ0n) is 25.2. The van der Waals surface area contributed by atoms with Crippen molar-refractivity contribution in [3.05, 3.63) is 35.9 Å². The predicted octanol–water partition coefficient (Wildman–Crippen LogP) is -4.57. The van der Waals surface area contributed by atoms with Crippen molar-refractivity contribution in [3.8, 4) is 0 Å². The first-order valence-electron chi connectivity index (χ1n) is 15.5. The van der Waals surface area contributed by atoms with Gasteiger partial charge in [-0.15, -0.1) is 0 Å². The van der Waals surface area contributed by atoms with Crippen LogP contribution in [-0.2, 0) is 30.3 Å². The fourth-order valence-electron chi connectivity index (χ4n) is 6.07. The third kappa shape index (κ3) is 8.94. The van der Waals surface area contributed by atoms with Crippen molar-refractivity contribution in [2.24, 2.45) is 22.9 Å². The molecule has 4 rings (SSSR count). The number of nitrogens with one attached hydrogen (secondary N) is 2. The third-order valence-electron chi connectivity index (χ3n) is 8.70. The highest BCUT2D eigenvalue weighted by molar-refractivity contribution is 5.80. The van der Waals surface area contributed by atoms with Gasteiger partial charge in [-0.1, -0.05) is 30.3 Å². The average Bonchev–Trinajstić information content (AvgIpc) is 3.03. The smallest absolute Gasteiger partial charge is 0.249 e. The Labute approximate surface area is 262 Å². The van der Waals surface area contributed by atoms with E-state index in [1.54, 1.807) is 0 Å². The lowest BCUT2D eigenvalue weighted by molar-refractivity contribution is -0.316. The molecule has 1 saturated carbocycles. The summed E-state index contributed by atoms with van der Waals surface area (Å²) in [5, 5.41) is 59.8. The molecule has 3 aliphatic rings. The Morgan fingerprint density at radius 1 is 0.956 bits per heavy atom. The Kier molecular flexibility index (Phi) is 13.4. The summed E-state index contributed by atoms with van der Waals surface area (Å²) in [7, 11) is 0. The van der Waals surface area contributed by atoms with Gasteiger partial charge in [0.25, 0.3) is 0 Å². The summed E-state index contributed by atoms with van der Waals surface area (Å²) in [4.78, 5) is 12.8. The van der Waals surface area contributed by atoms with Gasteiger partial charge in [0.1, 0.15) is 42.7 Å². The zero-order chi connectivity index (χ0) is 32.7. The van der Waals surface area contributed by atoms with Gasteiger partial charge < -0.3 is 78.0 Å². The van der Waals surface area contributed by atoms with Crippen LogP contribution in [0.3, 0.4) is 0 Å². The molecule has 1 aromatic carbocycles. The number of rotatable bonds is 13. The number of ether oxygens (including phenoxy) is 4. The van der Waals surface area contributed by atoms with E-state index in [0.717, 1.165) is 5.56 Å². The summed E-state index contributed by atoms with van der Waals surface area (Å²) in [5.41, 5.74) is 24.9. The molecule has 1 aliphatic carbocycles. The molecule has 256 valence electrons. The van der Waals surface area contributed by atoms with Crippen LogP contribution < -0.4 is 33.6 Å². The molecule has 0 bridgehead atoms. The second kappa shape index (κ2) is 16.8. The van der Waals surface area contributed by atoms with Crippen LogP contribution in [0.4, 0.5) is 0 Å². The molecule has 1 aromatic rings. The van der Waals surface area contributed by atoms with Gasteiger partial charge in [0.2, 0.25) is 5.91 Å². The van der Waals surface area contributed by atoms with Gasteiger partial charge in [0, 0.05) is 19.1 Å². The van der Waals surface area contributed by atoms with Crippen molar-refractivity contribution >= 4 is 5.91 Å². The van der Waals surface area contributed by atoms with Gasteiger partial charge in [-0.25, -0.2) is 0 Å². The van der Waals surface area contributed by atoms with Crippen LogP contribution in [0, 0.1) is 0 Å². The molecule has 2 aliphatic heterocycles. The highest BCUT2D eigenvalue weighted by atomic mass is 16.7. The van der Waals surface area contributed by atoms with Crippen molar-refractivity contribution in [3.63, 3.8) is 0 Å². The number of aliphatic hydroxyl groups excluding tert-OH is 5. The largest absolute Gasteiger partial charge is 0.394 e. The first-order valence-corrected chi connectivity index (χ1v) is 15.5. The molecular weight excluding hydrogens is 592 g/mol. The molecule has 1 amide bonds. The van der Waals surface area contributed by atoms with Crippen LogP contribution in [0.1, 0.15) is 31.2 Å². The topological polar surface area (TPSA) is 283 Å². The number of carbonyl (C=O) groups excluding carboxylic acids is 1. The van der Waals surface area contributed by atoms with Gasteiger partial charge in [0.05, 0.1) is 30.8 Å². The van der Waals surface area contributed by atoms with E-state index in [1.165, 1.54) is 0 Å². The molecular formula is C29H50N6O10. The van der Waals surface area contributed by atoms with E-state index < -0.39 is 92.0 Å². The Bertz CT molecular complexity index is 1050. The van der Waals surface area contributed by atoms with Crippen LogP contribution in [0.15, 0.2) is 30.3 Å². The van der Waals surface area contributed by atoms with Crippen LogP contribution in [0.5, 0.6) is 0 Å². The standard InChI is InChI=1S/C29H50N6O10/c30-9-8-19(37)27(41)35-18-10-17(33)25(44-28-16(32)7-6-15(11-31)42-28)24(40)26(18)45-29-23(39)21(22(38)20(13-36)43-29)34-12-14-4-2-1-3-5-14/h1-5,15-26,28-29,34,36-40H,6-13,30-33H2,(H,35,41)/t15?,16?,17-,18+,19-,20?,21-,22+,23?,24?,25?,26-,28+,29+/m0/s1. The normalized spacial score (nSPS) is 39.7. The van der Waals surface area contributed by atoms with Crippen molar-refractivity contribution < 1.29 is 49.3 Å². The molecule has 2 saturated heterocycles. The van der Waals surface area contributed by atoms with Gasteiger partial charge in [-0.05, 0) is 37.8 Å². The minimum Gasteiger partial charge on any atom is -0.394 e. The van der Waals surface area contributed by atoms with Crippen LogP contribution in [0.2, 0.25) is 0 Å². The summed E-state index contributed by atoms with van der Waals surface area (Å²) < 4.78 is 24.0. The van der Waals surface area contributed by atoms with Gasteiger partial charge in [-0.3, -0.25) is 4.79 Å². The Morgan fingerprint density at radius 2 is 1.67 bits per heavy atom. The minimum absolute atomic E-state index is 0.00107. The summed E-state index contributed by atoms with van der Waals surface area (Å²) >= 11 is 0. The number of nitrogens with two attached hydrogens (primary N) is 4. The zero-order valence-corrected chi connectivity index (χ0v) is 25.2. The molecule has 15 N–H and O–H groups in total. The van der Waals surface area contributed by atoms with E-state index in [9.17, 15) is 30.3 Å². The molecule has 0 spiro atoms. The predicted molar refractivity (Wildman–Crippen MR) is 160 cm³/mol. The Hall–Kier alpha value is -1.87. The number of hydrogen-bond donors (Lipinski definition) is 11. The van der Waals surface area contributed by atoms with E-state index in [4.69, 9.17) is 41.9 Å². The fourth-order valence-corrected chi connectivity index (χ4v) is 6.07. The lowest BCUT2D eigenvalue weighted by Gasteiger charge is -2.49. The molecule has 0 aromatic heterocycles. The molecule has 45 heavy (non-hydrogen) atoms. The van der Waals surface area contributed by atoms with Crippen LogP contribution in [-0.4, -0.2) is 137 Å². The maximum atomic E-state index is 12.8. The van der Waals surface area contributed by atoms with E-state index in [-0.39, 0.29) is 38.6 Å². The van der Waals surface area contributed by atoms with E-state index in [2.05, 4.69) is 10.6 Å². The van der Waals surface area contributed by atoms with Crippen LogP contribution in [0.25, 0.3) is 0 Å². The molecule has 2 heterocycles. The first-order chi connectivity index (χ1) is 21.6. The van der Waals surface area contributed by atoms with E-state index in [0.29, 0.717) is 12.8 Å². The number of carbonyl (C=O) groups is 1. The number of benzene rings is 1. The maximum Gasteiger partial charge on any atom is 0.249 e. The van der Waals surface area contributed by atoms with Crippen molar-refractivity contribution in [2.75, 3.05) is 19.7 Å². The quantitative estimate of drug-likeness (QED) is 0.0966. The van der Waals surface area contributed by atoms with E-state index in [1.807, 2.05) is 30.3 Å². The summed E-state index contributed by atoms with van der Waals surface area (Å²) in [5.74, 6) is -0.752. The summed E-state index contributed by atoms with van der Waals surface area (Å²) in [6, 6.07) is 5.98.